The Labute approximate surface area is 138 Å². The van der Waals surface area contributed by atoms with Crippen molar-refractivity contribution < 1.29 is 23.9 Å². The zero-order chi connectivity index (χ0) is 17.7. The van der Waals surface area contributed by atoms with Gasteiger partial charge in [0.2, 0.25) is 5.75 Å². The molecule has 0 saturated heterocycles. The molecule has 0 unspecified atom stereocenters. The van der Waals surface area contributed by atoms with Crippen LogP contribution in [0.1, 0.15) is 21.5 Å². The van der Waals surface area contributed by atoms with Crippen LogP contribution >= 0.6 is 0 Å². The minimum atomic E-state index is -0.498. The van der Waals surface area contributed by atoms with Gasteiger partial charge in [0.15, 0.2) is 0 Å². The molecule has 0 spiro atoms. The third-order valence-corrected chi connectivity index (χ3v) is 3.44. The molecule has 0 aromatic heterocycles. The van der Waals surface area contributed by atoms with E-state index in [1.54, 1.807) is 31.2 Å². The van der Waals surface area contributed by atoms with Crippen LogP contribution in [-0.4, -0.2) is 25.1 Å². The number of esters is 1. The Balaban J connectivity index is 2.19. The summed E-state index contributed by atoms with van der Waals surface area (Å²) >= 11 is 0. The summed E-state index contributed by atoms with van der Waals surface area (Å²) < 4.78 is 15.4. The molecule has 0 fully saturated rings. The molecule has 2 aromatic rings. The largest absolute Gasteiger partial charge is 0.496 e. The number of nitro groups is 1. The number of rotatable bonds is 6. The van der Waals surface area contributed by atoms with E-state index in [4.69, 9.17) is 9.47 Å². The van der Waals surface area contributed by atoms with E-state index in [0.717, 1.165) is 5.56 Å². The summed E-state index contributed by atoms with van der Waals surface area (Å²) in [6.45, 7) is 1.84. The van der Waals surface area contributed by atoms with E-state index < -0.39 is 10.9 Å². The van der Waals surface area contributed by atoms with E-state index in [1.165, 1.54) is 26.4 Å². The van der Waals surface area contributed by atoms with Gasteiger partial charge in [-0.3, -0.25) is 10.1 Å². The highest BCUT2D eigenvalue weighted by Gasteiger charge is 2.18. The van der Waals surface area contributed by atoms with E-state index in [9.17, 15) is 14.9 Å². The van der Waals surface area contributed by atoms with Crippen LogP contribution in [0.3, 0.4) is 0 Å². The molecule has 0 saturated carbocycles. The van der Waals surface area contributed by atoms with Gasteiger partial charge in [-0.05, 0) is 30.2 Å². The van der Waals surface area contributed by atoms with Gasteiger partial charge < -0.3 is 14.2 Å². The monoisotopic (exact) mass is 331 g/mol. The summed E-state index contributed by atoms with van der Waals surface area (Å²) in [6.07, 6.45) is 0. The third kappa shape index (κ3) is 3.81. The summed E-state index contributed by atoms with van der Waals surface area (Å²) in [5.41, 5.74) is 1.71. The molecule has 0 aliphatic heterocycles. The molecule has 0 atom stereocenters. The lowest BCUT2D eigenvalue weighted by atomic mass is 10.1. The van der Waals surface area contributed by atoms with Gasteiger partial charge in [0, 0.05) is 12.1 Å². The van der Waals surface area contributed by atoms with Gasteiger partial charge in [-0.1, -0.05) is 12.1 Å². The first-order valence-electron chi connectivity index (χ1n) is 7.09. The van der Waals surface area contributed by atoms with Crippen LogP contribution in [0.2, 0.25) is 0 Å². The lowest BCUT2D eigenvalue weighted by Gasteiger charge is -2.11. The number of hydrogen-bond donors (Lipinski definition) is 0. The molecule has 0 radical (unpaired) electrons. The molecule has 0 N–H and O–H groups in total. The molecule has 0 bridgehead atoms. The maximum absolute atomic E-state index is 11.4. The quantitative estimate of drug-likeness (QED) is 0.458. The van der Waals surface area contributed by atoms with Gasteiger partial charge in [-0.25, -0.2) is 4.79 Å². The fourth-order valence-electron chi connectivity index (χ4n) is 2.15. The van der Waals surface area contributed by atoms with E-state index in [-0.39, 0.29) is 18.0 Å². The number of ether oxygens (including phenoxy) is 3. The molecular weight excluding hydrogens is 314 g/mol. The Morgan fingerprint density at radius 2 is 1.79 bits per heavy atom. The average Bonchev–Trinajstić information content (AvgIpc) is 2.60. The molecule has 0 aliphatic carbocycles. The van der Waals surface area contributed by atoms with Crippen molar-refractivity contribution in [3.63, 3.8) is 0 Å². The molecule has 2 aromatic carbocycles. The van der Waals surface area contributed by atoms with Gasteiger partial charge in [0.25, 0.3) is 0 Å². The van der Waals surface area contributed by atoms with Crippen molar-refractivity contribution in [2.45, 2.75) is 13.5 Å². The number of nitrogens with zero attached hydrogens (tertiary/aromatic N) is 1. The van der Waals surface area contributed by atoms with E-state index in [0.29, 0.717) is 16.9 Å². The highest BCUT2D eigenvalue weighted by Crippen LogP contribution is 2.34. The predicted octanol–water partition coefficient (Wildman–Crippen LogP) is 3.28. The number of nitro benzene ring substituents is 1. The van der Waals surface area contributed by atoms with Crippen LogP contribution in [0.4, 0.5) is 5.69 Å². The minimum absolute atomic E-state index is 0.120. The van der Waals surface area contributed by atoms with Gasteiger partial charge in [0.1, 0.15) is 12.4 Å². The topological polar surface area (TPSA) is 87.9 Å². The molecule has 126 valence electrons. The number of methoxy groups -OCH3 is 2. The predicted molar refractivity (Wildman–Crippen MR) is 86.5 cm³/mol. The summed E-state index contributed by atoms with van der Waals surface area (Å²) in [5.74, 6) is 0.206. The van der Waals surface area contributed by atoms with E-state index >= 15 is 0 Å². The highest BCUT2D eigenvalue weighted by atomic mass is 16.6. The Morgan fingerprint density at radius 1 is 1.12 bits per heavy atom. The van der Waals surface area contributed by atoms with Gasteiger partial charge in [0.05, 0.1) is 24.7 Å². The Bertz CT molecular complexity index is 754. The highest BCUT2D eigenvalue weighted by molar-refractivity contribution is 5.89. The van der Waals surface area contributed by atoms with Gasteiger partial charge in [-0.2, -0.15) is 0 Å². The molecule has 0 aliphatic rings. The Kier molecular flexibility index (Phi) is 5.36. The fourth-order valence-corrected chi connectivity index (χ4v) is 2.15. The zero-order valence-electron chi connectivity index (χ0n) is 13.6. The first kappa shape index (κ1) is 17.3. The second-order valence-electron chi connectivity index (χ2n) is 5.02. The molecular formula is C17H17NO6. The van der Waals surface area contributed by atoms with E-state index in [1.807, 2.05) is 0 Å². The first-order chi connectivity index (χ1) is 11.5. The number of benzene rings is 2. The average molecular weight is 331 g/mol. The lowest BCUT2D eigenvalue weighted by molar-refractivity contribution is -0.386. The van der Waals surface area contributed by atoms with Crippen LogP contribution in [-0.2, 0) is 11.3 Å². The first-order valence-corrected chi connectivity index (χ1v) is 7.09. The van der Waals surface area contributed by atoms with Crippen molar-refractivity contribution in [2.24, 2.45) is 0 Å². The van der Waals surface area contributed by atoms with Crippen molar-refractivity contribution >= 4 is 11.7 Å². The number of hydrogen-bond acceptors (Lipinski definition) is 6. The normalized spacial score (nSPS) is 10.1. The lowest BCUT2D eigenvalue weighted by Crippen LogP contribution is -2.03. The molecule has 7 heteroatoms. The number of carbonyl (C=O) groups excluding carboxylic acids is 1. The zero-order valence-corrected chi connectivity index (χ0v) is 13.6. The summed E-state index contributed by atoms with van der Waals surface area (Å²) in [6, 6.07) is 9.52. The van der Waals surface area contributed by atoms with Crippen LogP contribution in [0.15, 0.2) is 36.4 Å². The SMILES string of the molecule is COC(=O)c1ccc(COc2cc(OC)c(C)cc2[N+](=O)[O-])cc1. The van der Waals surface area contributed by atoms with Crippen molar-refractivity contribution in [3.8, 4) is 11.5 Å². The number of aryl methyl sites for hydroxylation is 1. The molecule has 0 heterocycles. The minimum Gasteiger partial charge on any atom is -0.496 e. The smallest absolute Gasteiger partial charge is 0.337 e. The molecule has 0 amide bonds. The fraction of sp³-hybridized carbons (Fsp3) is 0.235. The van der Waals surface area contributed by atoms with Gasteiger partial charge >= 0.3 is 11.7 Å². The standard InChI is InChI=1S/C17H17NO6/c1-11-8-14(18(20)21)16(9-15(11)22-2)24-10-12-4-6-13(7-5-12)17(19)23-3/h4-9H,10H2,1-3H3. The number of carbonyl (C=O) groups is 1. The van der Waals surface area contributed by atoms with Gasteiger partial charge in [-0.15, -0.1) is 0 Å². The van der Waals surface area contributed by atoms with Crippen molar-refractivity contribution in [3.05, 3.63) is 63.2 Å². The summed E-state index contributed by atoms with van der Waals surface area (Å²) in [7, 11) is 2.80. The molecule has 24 heavy (non-hydrogen) atoms. The maximum Gasteiger partial charge on any atom is 0.337 e. The van der Waals surface area contributed by atoms with Crippen molar-refractivity contribution in [1.29, 1.82) is 0 Å². The Morgan fingerprint density at radius 3 is 2.33 bits per heavy atom. The van der Waals surface area contributed by atoms with Crippen LogP contribution in [0.25, 0.3) is 0 Å². The molecule has 2 rings (SSSR count). The van der Waals surface area contributed by atoms with Crippen LogP contribution in [0, 0.1) is 17.0 Å². The van der Waals surface area contributed by atoms with Crippen LogP contribution < -0.4 is 9.47 Å². The van der Waals surface area contributed by atoms with Crippen molar-refractivity contribution in [1.82, 2.24) is 0 Å². The molecule has 7 nitrogen and oxygen atoms in total. The van der Waals surface area contributed by atoms with Crippen molar-refractivity contribution in [2.75, 3.05) is 14.2 Å². The second kappa shape index (κ2) is 7.45. The van der Waals surface area contributed by atoms with E-state index in [2.05, 4.69) is 4.74 Å². The summed E-state index contributed by atoms with van der Waals surface area (Å²) in [5, 5.41) is 11.2. The third-order valence-electron chi connectivity index (χ3n) is 3.44. The summed E-state index contributed by atoms with van der Waals surface area (Å²) in [4.78, 5) is 22.1. The Hall–Kier alpha value is -3.09. The second-order valence-corrected chi connectivity index (χ2v) is 5.02. The maximum atomic E-state index is 11.4. The van der Waals surface area contributed by atoms with Crippen LogP contribution in [0.5, 0.6) is 11.5 Å².